The number of allylic oxidation sites excluding steroid dienone is 1. The Balaban J connectivity index is 1.80. The Bertz CT molecular complexity index is 1270. The van der Waals surface area contributed by atoms with Gasteiger partial charge in [-0.3, -0.25) is 0 Å². The van der Waals surface area contributed by atoms with E-state index in [1.54, 1.807) is 0 Å². The van der Waals surface area contributed by atoms with Crippen LogP contribution in [-0.2, 0) is 21.6 Å². The molecule has 0 saturated carbocycles. The van der Waals surface area contributed by atoms with Crippen LogP contribution in [0, 0.1) is 0 Å². The number of hydrogen-bond acceptors (Lipinski definition) is 2. The first kappa shape index (κ1) is 21.9. The summed E-state index contributed by atoms with van der Waals surface area (Å²) in [5.74, 6) is 0. The van der Waals surface area contributed by atoms with Crippen LogP contribution >= 0.6 is 0 Å². The van der Waals surface area contributed by atoms with Gasteiger partial charge in [-0.25, -0.2) is 0 Å². The summed E-state index contributed by atoms with van der Waals surface area (Å²) in [7, 11) is 4.31. The summed E-state index contributed by atoms with van der Waals surface area (Å²) in [6.45, 7) is 0. The van der Waals surface area contributed by atoms with Crippen LogP contribution in [0.15, 0.2) is 115 Å². The molecule has 0 fully saturated rings. The topological polar surface area (TPSA) is 29.3 Å². The van der Waals surface area contributed by atoms with Gasteiger partial charge in [-0.2, -0.15) is 0 Å². The van der Waals surface area contributed by atoms with E-state index in [2.05, 4.69) is 134 Å². The molecule has 2 atom stereocenters. The molecule has 0 amide bonds. The van der Waals surface area contributed by atoms with Gasteiger partial charge in [-0.1, -0.05) is 0 Å². The molecule has 4 aromatic carbocycles. The van der Waals surface area contributed by atoms with Gasteiger partial charge in [0, 0.05) is 0 Å². The molecule has 2 N–H and O–H groups in total. The molecule has 2 nitrogen and oxygen atoms in total. The maximum absolute atomic E-state index is 7.80. The predicted molar refractivity (Wildman–Crippen MR) is 137 cm³/mol. The Morgan fingerprint density at radius 2 is 1.24 bits per heavy atom. The van der Waals surface area contributed by atoms with Crippen LogP contribution in [-0.4, -0.2) is 19.0 Å². The van der Waals surface area contributed by atoms with Gasteiger partial charge in [0.1, 0.15) is 0 Å². The van der Waals surface area contributed by atoms with E-state index >= 15 is 0 Å². The van der Waals surface area contributed by atoms with Crippen molar-refractivity contribution in [3.8, 4) is 0 Å². The summed E-state index contributed by atoms with van der Waals surface area (Å²) in [4.78, 5) is 2.28. The van der Waals surface area contributed by atoms with E-state index in [9.17, 15) is 0 Å². The molecule has 0 aliphatic heterocycles. The molecule has 0 bridgehead atoms. The molecule has 0 heterocycles. The molecule has 164 valence electrons. The van der Waals surface area contributed by atoms with E-state index in [1.165, 1.54) is 37.4 Å². The Kier molecular flexibility index (Phi) is 6.08. The first-order chi connectivity index (χ1) is 16.1. The second kappa shape index (κ2) is 9.15. The van der Waals surface area contributed by atoms with Crippen LogP contribution in [0.4, 0.5) is 0 Å². The summed E-state index contributed by atoms with van der Waals surface area (Å²) in [6, 6.07) is 41.5. The predicted octanol–water partition coefficient (Wildman–Crippen LogP) is 5.72. The molecular formula is C30H30N2Ti. The van der Waals surface area contributed by atoms with Crippen molar-refractivity contribution in [2.75, 3.05) is 14.1 Å². The SMILES string of the molecule is CN(C)C1=C(c2ccccc2)[CH]([Ti]([NH2])([CH2]c2ccccc2)[c]2ccccc2)c2ccccc21. The molecule has 5 rings (SSSR count). The number of hydrogen-bond donors (Lipinski definition) is 1. The zero-order valence-corrected chi connectivity index (χ0v) is 20.8. The van der Waals surface area contributed by atoms with E-state index in [-0.39, 0.29) is 4.22 Å². The van der Waals surface area contributed by atoms with Crippen LogP contribution in [0.25, 0.3) is 11.3 Å². The number of fused-ring (bicyclic) bond motifs is 1. The third kappa shape index (κ3) is 4.00. The van der Waals surface area contributed by atoms with Gasteiger partial charge < -0.3 is 0 Å². The fraction of sp³-hybridized carbons (Fsp3) is 0.133. The first-order valence-corrected chi connectivity index (χ1v) is 15.2. The zero-order chi connectivity index (χ0) is 22.8. The molecule has 0 spiro atoms. The first-order valence-electron chi connectivity index (χ1n) is 11.5. The van der Waals surface area contributed by atoms with Gasteiger partial charge in [0.15, 0.2) is 0 Å². The summed E-state index contributed by atoms with van der Waals surface area (Å²) in [6.07, 6.45) is 0. The molecule has 0 aromatic heterocycles. The van der Waals surface area contributed by atoms with Crippen molar-refractivity contribution in [1.29, 1.82) is 0 Å². The monoisotopic (exact) mass is 466 g/mol. The van der Waals surface area contributed by atoms with Crippen LogP contribution in [0.3, 0.4) is 0 Å². The van der Waals surface area contributed by atoms with Crippen molar-refractivity contribution >= 4 is 15.1 Å². The van der Waals surface area contributed by atoms with Crippen LogP contribution in [0.2, 0.25) is 0 Å². The molecule has 0 radical (unpaired) electrons. The number of benzene rings is 4. The van der Waals surface area contributed by atoms with Crippen molar-refractivity contribution in [3.63, 3.8) is 0 Å². The molecule has 0 saturated heterocycles. The van der Waals surface area contributed by atoms with E-state index in [4.69, 9.17) is 4.22 Å². The summed E-state index contributed by atoms with van der Waals surface area (Å²) < 4.78 is 10.3. The van der Waals surface area contributed by atoms with Crippen molar-refractivity contribution in [2.45, 2.75) is 8.95 Å². The van der Waals surface area contributed by atoms with E-state index in [1.807, 2.05) is 0 Å². The van der Waals surface area contributed by atoms with Crippen molar-refractivity contribution in [1.82, 2.24) is 4.90 Å². The van der Waals surface area contributed by atoms with Gasteiger partial charge in [0.2, 0.25) is 0 Å². The molecule has 1 aliphatic carbocycles. The molecule has 4 aromatic rings. The second-order valence-corrected chi connectivity index (χ2v) is 14.7. The number of nitrogens with two attached hydrogens (primary N) is 1. The summed E-state index contributed by atoms with van der Waals surface area (Å²) in [5, 5.41) is 0. The molecule has 3 heteroatoms. The molecular weight excluding hydrogens is 436 g/mol. The van der Waals surface area contributed by atoms with Gasteiger partial charge in [0.05, 0.1) is 0 Å². The summed E-state index contributed by atoms with van der Waals surface area (Å²) >= 11 is -3.30. The molecule has 1 aliphatic rings. The number of rotatable bonds is 6. The fourth-order valence-corrected chi connectivity index (χ4v) is 11.8. The zero-order valence-electron chi connectivity index (χ0n) is 19.3. The fourth-order valence-electron chi connectivity index (χ4n) is 5.39. The standard InChI is InChI=1S/C17H16N.C7H7.C6H5.H2N.Ti/c1-18(2)17-15-11-7-6-10-14(15)12-16(17)13-8-4-3-5-9-13;1-7-5-3-2-4-6-7;1-2-4-6-5-3-1;;/h3-12H,1-2H3;2-6H,1H2;1-5H;1H2;/q;;;-1;+1. The van der Waals surface area contributed by atoms with Gasteiger partial charge in [-0.05, 0) is 0 Å². The van der Waals surface area contributed by atoms with Crippen LogP contribution in [0.1, 0.15) is 26.5 Å². The molecule has 2 unspecified atom stereocenters. The Hall–Kier alpha value is -2.91. The minimum atomic E-state index is -3.30. The average molecular weight is 466 g/mol. The normalized spacial score (nSPS) is 16.9. The van der Waals surface area contributed by atoms with E-state index in [0.29, 0.717) is 0 Å². The number of nitrogens with zero attached hydrogens (tertiary/aromatic N) is 1. The van der Waals surface area contributed by atoms with Crippen LogP contribution < -0.4 is 8.08 Å². The Morgan fingerprint density at radius 3 is 1.88 bits per heavy atom. The van der Waals surface area contributed by atoms with Crippen molar-refractivity contribution in [2.24, 2.45) is 4.22 Å². The third-order valence-electron chi connectivity index (χ3n) is 6.77. The van der Waals surface area contributed by atoms with E-state index in [0.717, 1.165) is 4.73 Å². The van der Waals surface area contributed by atoms with E-state index < -0.39 is 16.8 Å². The Morgan fingerprint density at radius 1 is 0.697 bits per heavy atom. The average Bonchev–Trinajstić information content (AvgIpc) is 3.22. The second-order valence-electron chi connectivity index (χ2n) is 9.11. The minimum absolute atomic E-state index is 0.198. The summed E-state index contributed by atoms with van der Waals surface area (Å²) in [5.41, 5.74) is 7.97. The third-order valence-corrected chi connectivity index (χ3v) is 13.1. The quantitative estimate of drug-likeness (QED) is 0.368. The van der Waals surface area contributed by atoms with Crippen molar-refractivity contribution in [3.05, 3.63) is 138 Å². The Labute approximate surface area is 201 Å². The van der Waals surface area contributed by atoms with Gasteiger partial charge >= 0.3 is 202 Å². The van der Waals surface area contributed by atoms with Gasteiger partial charge in [0.25, 0.3) is 0 Å². The molecule has 33 heavy (non-hydrogen) atoms. The van der Waals surface area contributed by atoms with Gasteiger partial charge in [-0.15, -0.1) is 0 Å². The maximum atomic E-state index is 7.80. The van der Waals surface area contributed by atoms with Crippen molar-refractivity contribution < 1.29 is 16.8 Å². The van der Waals surface area contributed by atoms with Crippen LogP contribution in [0.5, 0.6) is 0 Å².